The van der Waals surface area contributed by atoms with Crippen LogP contribution < -0.4 is 15.0 Å². The lowest BCUT2D eigenvalue weighted by atomic mass is 10.0. The molecule has 28 heavy (non-hydrogen) atoms. The molecule has 1 heterocycles. The summed E-state index contributed by atoms with van der Waals surface area (Å²) < 4.78 is 5.74. The van der Waals surface area contributed by atoms with E-state index in [4.69, 9.17) is 16.3 Å². The van der Waals surface area contributed by atoms with Crippen molar-refractivity contribution < 1.29 is 14.3 Å². The second-order valence-electron chi connectivity index (χ2n) is 6.92. The molecule has 2 aromatic rings. The van der Waals surface area contributed by atoms with E-state index >= 15 is 0 Å². The summed E-state index contributed by atoms with van der Waals surface area (Å²) in [5, 5.41) is 3.44. The fourth-order valence-corrected chi connectivity index (χ4v) is 3.51. The van der Waals surface area contributed by atoms with Gasteiger partial charge in [-0.25, -0.2) is 0 Å². The monoisotopic (exact) mass is 400 g/mol. The highest BCUT2D eigenvalue weighted by Gasteiger charge is 2.37. The third kappa shape index (κ3) is 4.65. The lowest BCUT2D eigenvalue weighted by molar-refractivity contribution is -0.126. The highest BCUT2D eigenvalue weighted by Crippen LogP contribution is 2.36. The smallest absolute Gasteiger partial charge is 0.254 e. The summed E-state index contributed by atoms with van der Waals surface area (Å²) in [7, 11) is 0. The van der Waals surface area contributed by atoms with Gasteiger partial charge in [0, 0.05) is 23.2 Å². The predicted octanol–water partition coefficient (Wildman–Crippen LogP) is 4.29. The van der Waals surface area contributed by atoms with Gasteiger partial charge in [0.15, 0.2) is 0 Å². The highest BCUT2D eigenvalue weighted by atomic mass is 35.5. The summed E-state index contributed by atoms with van der Waals surface area (Å²) in [6.45, 7) is 4.33. The number of carbonyl (C=O) groups excluding carboxylic acids is 2. The minimum absolute atomic E-state index is 0.127. The number of hydrogen-bond donors (Lipinski definition) is 1. The first kappa shape index (κ1) is 20.2. The van der Waals surface area contributed by atoms with E-state index in [2.05, 4.69) is 18.3 Å². The Morgan fingerprint density at radius 2 is 1.96 bits per heavy atom. The zero-order chi connectivity index (χ0) is 20.1. The molecule has 5 nitrogen and oxygen atoms in total. The number of halogens is 1. The van der Waals surface area contributed by atoms with Crippen LogP contribution >= 0.6 is 11.6 Å². The normalized spacial score (nSPS) is 15.5. The SMILES string of the molecule is CCCCc1ccc2c(c1)C(NC(C)=O)C(=O)N2CCOc1ccc(Cl)cc1. The first-order valence-electron chi connectivity index (χ1n) is 9.59. The van der Waals surface area contributed by atoms with Crippen molar-refractivity contribution in [1.29, 1.82) is 0 Å². The standard InChI is InChI=1S/C22H25ClN2O3/c1-3-4-5-16-6-11-20-19(14-16)21(24-15(2)26)22(27)25(20)12-13-28-18-9-7-17(23)8-10-18/h6-11,14,21H,3-5,12-13H2,1-2H3,(H,24,26). The van der Waals surface area contributed by atoms with Gasteiger partial charge >= 0.3 is 0 Å². The van der Waals surface area contributed by atoms with Crippen LogP contribution in [0.2, 0.25) is 5.02 Å². The largest absolute Gasteiger partial charge is 0.492 e. The fourth-order valence-electron chi connectivity index (χ4n) is 3.38. The number of ether oxygens (including phenoxy) is 1. The van der Waals surface area contributed by atoms with Crippen molar-refractivity contribution in [1.82, 2.24) is 5.32 Å². The molecule has 0 spiro atoms. The molecule has 0 aromatic heterocycles. The molecular formula is C22H25ClN2O3. The number of benzene rings is 2. The molecule has 1 unspecified atom stereocenters. The number of aryl methyl sites for hydroxylation is 1. The molecule has 1 aliphatic heterocycles. The van der Waals surface area contributed by atoms with E-state index in [1.54, 1.807) is 29.2 Å². The number of hydrogen-bond acceptors (Lipinski definition) is 3. The molecule has 0 aliphatic carbocycles. The Bertz CT molecular complexity index is 851. The van der Waals surface area contributed by atoms with Crippen molar-refractivity contribution in [3.05, 3.63) is 58.6 Å². The second-order valence-corrected chi connectivity index (χ2v) is 7.36. The number of amides is 2. The number of anilines is 1. The molecule has 6 heteroatoms. The number of unbranched alkanes of at least 4 members (excludes halogenated alkanes) is 1. The van der Waals surface area contributed by atoms with Crippen molar-refractivity contribution in [2.24, 2.45) is 0 Å². The van der Waals surface area contributed by atoms with Crippen molar-refractivity contribution in [2.45, 2.75) is 39.2 Å². The van der Waals surface area contributed by atoms with Gasteiger partial charge in [0.2, 0.25) is 5.91 Å². The van der Waals surface area contributed by atoms with Crippen LogP contribution in [-0.4, -0.2) is 25.0 Å². The summed E-state index contributed by atoms with van der Waals surface area (Å²) in [5.74, 6) is 0.352. The van der Waals surface area contributed by atoms with Gasteiger partial charge in [0.1, 0.15) is 18.4 Å². The molecule has 1 aliphatic rings. The summed E-state index contributed by atoms with van der Waals surface area (Å²) >= 11 is 5.88. The molecule has 0 saturated heterocycles. The Labute approximate surface area is 170 Å². The Hall–Kier alpha value is -2.53. The number of nitrogens with zero attached hydrogens (tertiary/aromatic N) is 1. The minimum Gasteiger partial charge on any atom is -0.492 e. The van der Waals surface area contributed by atoms with Gasteiger partial charge in [-0.15, -0.1) is 0 Å². The quantitative estimate of drug-likeness (QED) is 0.719. The molecule has 1 atom stereocenters. The van der Waals surface area contributed by atoms with Crippen LogP contribution in [0.1, 0.15) is 43.9 Å². The Balaban J connectivity index is 1.75. The van der Waals surface area contributed by atoms with Gasteiger partial charge in [-0.05, 0) is 48.7 Å². The van der Waals surface area contributed by atoms with Crippen LogP contribution in [0.25, 0.3) is 0 Å². The highest BCUT2D eigenvalue weighted by molar-refractivity contribution is 6.30. The Kier molecular flexibility index (Phi) is 6.57. The zero-order valence-electron chi connectivity index (χ0n) is 16.2. The third-order valence-electron chi connectivity index (χ3n) is 4.77. The van der Waals surface area contributed by atoms with Crippen molar-refractivity contribution in [3.8, 4) is 5.75 Å². The number of fused-ring (bicyclic) bond motifs is 1. The zero-order valence-corrected chi connectivity index (χ0v) is 17.0. The molecule has 1 N–H and O–H groups in total. The maximum absolute atomic E-state index is 12.9. The molecule has 3 rings (SSSR count). The van der Waals surface area contributed by atoms with E-state index in [0.29, 0.717) is 23.9 Å². The van der Waals surface area contributed by atoms with Crippen molar-refractivity contribution >= 4 is 29.1 Å². The fraction of sp³-hybridized carbons (Fsp3) is 0.364. The molecule has 2 amide bonds. The second kappa shape index (κ2) is 9.11. The van der Waals surface area contributed by atoms with E-state index in [-0.39, 0.29) is 11.8 Å². The number of rotatable bonds is 8. The van der Waals surface area contributed by atoms with Gasteiger partial charge < -0.3 is 15.0 Å². The summed E-state index contributed by atoms with van der Waals surface area (Å²) in [6.07, 6.45) is 3.17. The van der Waals surface area contributed by atoms with Gasteiger partial charge in [0.25, 0.3) is 5.91 Å². The Morgan fingerprint density at radius 1 is 1.21 bits per heavy atom. The summed E-state index contributed by atoms with van der Waals surface area (Å²) in [5.41, 5.74) is 2.88. The van der Waals surface area contributed by atoms with Crippen LogP contribution in [0.4, 0.5) is 5.69 Å². The van der Waals surface area contributed by atoms with Crippen molar-refractivity contribution in [3.63, 3.8) is 0 Å². The van der Waals surface area contributed by atoms with E-state index < -0.39 is 6.04 Å². The molecule has 0 radical (unpaired) electrons. The first-order valence-corrected chi connectivity index (χ1v) is 9.97. The number of carbonyl (C=O) groups is 2. The summed E-state index contributed by atoms with van der Waals surface area (Å²) in [6, 6.07) is 12.6. The molecule has 0 fully saturated rings. The minimum atomic E-state index is -0.635. The predicted molar refractivity (Wildman–Crippen MR) is 111 cm³/mol. The van der Waals surface area contributed by atoms with Gasteiger partial charge in [0.05, 0.1) is 6.54 Å². The molecule has 0 bridgehead atoms. The topological polar surface area (TPSA) is 58.6 Å². The maximum Gasteiger partial charge on any atom is 0.254 e. The van der Waals surface area contributed by atoms with Gasteiger partial charge in [-0.2, -0.15) is 0 Å². The molecule has 148 valence electrons. The molecular weight excluding hydrogens is 376 g/mol. The Morgan fingerprint density at radius 3 is 2.64 bits per heavy atom. The van der Waals surface area contributed by atoms with Crippen LogP contribution in [0.5, 0.6) is 5.75 Å². The van der Waals surface area contributed by atoms with Crippen LogP contribution in [-0.2, 0) is 16.0 Å². The van der Waals surface area contributed by atoms with Crippen molar-refractivity contribution in [2.75, 3.05) is 18.1 Å². The molecule has 0 saturated carbocycles. The maximum atomic E-state index is 12.9. The van der Waals surface area contributed by atoms with Gasteiger partial charge in [-0.3, -0.25) is 9.59 Å². The van der Waals surface area contributed by atoms with Gasteiger partial charge in [-0.1, -0.05) is 37.1 Å². The van der Waals surface area contributed by atoms with Crippen LogP contribution in [0.15, 0.2) is 42.5 Å². The van der Waals surface area contributed by atoms with E-state index in [1.165, 1.54) is 12.5 Å². The van der Waals surface area contributed by atoms with E-state index in [9.17, 15) is 9.59 Å². The number of nitrogens with one attached hydrogen (secondary N) is 1. The average molecular weight is 401 g/mol. The summed E-state index contributed by atoms with van der Waals surface area (Å²) in [4.78, 5) is 26.3. The average Bonchev–Trinajstić information content (AvgIpc) is 2.92. The van der Waals surface area contributed by atoms with E-state index in [0.717, 1.165) is 30.5 Å². The first-order chi connectivity index (χ1) is 13.5. The lowest BCUT2D eigenvalue weighted by Crippen LogP contribution is -2.38. The van der Waals surface area contributed by atoms with E-state index in [1.807, 2.05) is 12.1 Å². The molecule has 2 aromatic carbocycles. The van der Waals surface area contributed by atoms with Crippen LogP contribution in [0, 0.1) is 0 Å². The van der Waals surface area contributed by atoms with Crippen LogP contribution in [0.3, 0.4) is 0 Å². The lowest BCUT2D eigenvalue weighted by Gasteiger charge is -2.18. The third-order valence-corrected chi connectivity index (χ3v) is 5.02.